The Morgan fingerprint density at radius 3 is 2.31 bits per heavy atom. The Bertz CT molecular complexity index is 1520. The summed E-state index contributed by atoms with van der Waals surface area (Å²) in [6.07, 6.45) is 0.172. The Hall–Kier alpha value is -2.03. The molecule has 1 aromatic carbocycles. The SMILES string of the molecule is COc1ccc(C(=O)O[C@H]2CC[C@@]3(C)[C@@H]4CC[C@H]5[C@]6(O)C[C@H](O)[C@@]7(O)[C@@H](CN8C[C@@H](C)CC[C@H]8C7(C)O)[C@]6(O)C[C@@]53O[C@]24O)cc1OC. The van der Waals surface area contributed by atoms with E-state index in [0.29, 0.717) is 56.1 Å². The Morgan fingerprint density at radius 2 is 1.60 bits per heavy atom. The van der Waals surface area contributed by atoms with Crippen LogP contribution >= 0.6 is 0 Å². The smallest absolute Gasteiger partial charge is 0.338 e. The predicted octanol–water partition coefficient (Wildman–Crippen LogP) is 1.36. The fourth-order valence-corrected chi connectivity index (χ4v) is 12.6. The molecule has 0 radical (unpaired) electrons. The predicted molar refractivity (Wildman–Crippen MR) is 169 cm³/mol. The van der Waals surface area contributed by atoms with Crippen molar-refractivity contribution in [2.24, 2.45) is 29.1 Å². The van der Waals surface area contributed by atoms with Gasteiger partial charge in [0.05, 0.1) is 31.5 Å². The van der Waals surface area contributed by atoms with Crippen LogP contribution in [-0.2, 0) is 9.47 Å². The maximum atomic E-state index is 13.5. The summed E-state index contributed by atoms with van der Waals surface area (Å²) >= 11 is 0. The summed E-state index contributed by atoms with van der Waals surface area (Å²) in [7, 11) is 2.97. The lowest BCUT2D eigenvalue weighted by Gasteiger charge is -2.68. The number of methoxy groups -OCH3 is 2. The number of rotatable bonds is 4. The van der Waals surface area contributed by atoms with Crippen molar-refractivity contribution in [2.75, 3.05) is 27.3 Å². The molecular formula is C36H51NO11. The van der Waals surface area contributed by atoms with E-state index < -0.39 is 81.2 Å². The van der Waals surface area contributed by atoms with E-state index in [9.17, 15) is 35.4 Å². The van der Waals surface area contributed by atoms with Crippen LogP contribution < -0.4 is 9.47 Å². The molecule has 4 aliphatic carbocycles. The van der Waals surface area contributed by atoms with Gasteiger partial charge in [0.1, 0.15) is 22.4 Å². The minimum atomic E-state index is -2.10. The van der Waals surface area contributed by atoms with E-state index >= 15 is 0 Å². The van der Waals surface area contributed by atoms with Gasteiger partial charge in [-0.1, -0.05) is 13.8 Å². The standard InChI is InChI=1S/C36H51NO11/c1-19-6-11-26-31(3,40)35(43)25(17-37(26)16-19)33(42)18-34-24(32(33,41)15-27(35)38)10-9-23-30(34,2)13-12-28(36(23,44)48-34)47-29(39)20-7-8-21(45-4)22(14-20)46-5/h7-8,14,19,23-28,38,40-44H,6,9-13,15-18H2,1-5H3/t19-,23-,24-,25-,26-,27-,28-,30-,31?,32+,33+,34+,35-,36-/m0/s1. The first-order valence-electron chi connectivity index (χ1n) is 17.6. The van der Waals surface area contributed by atoms with Crippen LogP contribution in [0.5, 0.6) is 11.5 Å². The molecule has 1 unspecified atom stereocenters. The first-order chi connectivity index (χ1) is 22.5. The number of carbonyl (C=O) groups excluding carboxylic acids is 1. The molecule has 6 N–H and O–H groups in total. The number of hydrogen-bond donors (Lipinski definition) is 6. The van der Waals surface area contributed by atoms with Crippen molar-refractivity contribution in [1.29, 1.82) is 0 Å². The molecule has 7 aliphatic rings. The van der Waals surface area contributed by atoms with Crippen molar-refractivity contribution in [3.05, 3.63) is 23.8 Å². The van der Waals surface area contributed by atoms with E-state index in [1.165, 1.54) is 20.3 Å². The monoisotopic (exact) mass is 673 g/mol. The van der Waals surface area contributed by atoms with Crippen LogP contribution in [0.1, 0.15) is 82.5 Å². The van der Waals surface area contributed by atoms with Gasteiger partial charge in [0.15, 0.2) is 17.6 Å². The van der Waals surface area contributed by atoms with Gasteiger partial charge in [-0.3, -0.25) is 4.90 Å². The second kappa shape index (κ2) is 10.1. The van der Waals surface area contributed by atoms with E-state index in [0.717, 1.165) is 6.42 Å². The summed E-state index contributed by atoms with van der Waals surface area (Å²) in [5, 5.41) is 74.7. The molecule has 14 atom stereocenters. The highest BCUT2D eigenvalue weighted by Gasteiger charge is 2.88. The number of piperidine rings is 2. The summed E-state index contributed by atoms with van der Waals surface area (Å²) in [6.45, 7) is 6.57. The molecular weight excluding hydrogens is 622 g/mol. The average Bonchev–Trinajstić information content (AvgIpc) is 3.21. The van der Waals surface area contributed by atoms with Gasteiger partial charge < -0.3 is 49.6 Å². The summed E-state index contributed by atoms with van der Waals surface area (Å²) in [4.78, 5) is 15.6. The number of hydrogen-bond acceptors (Lipinski definition) is 12. The van der Waals surface area contributed by atoms with Gasteiger partial charge in [-0.2, -0.15) is 0 Å². The number of aliphatic hydroxyl groups is 6. The minimum Gasteiger partial charge on any atom is -0.493 e. The van der Waals surface area contributed by atoms with Crippen molar-refractivity contribution < 1.29 is 54.4 Å². The van der Waals surface area contributed by atoms with Crippen LogP contribution in [0, 0.1) is 29.1 Å². The molecule has 1 spiro atoms. The number of aliphatic hydroxyl groups excluding tert-OH is 1. The van der Waals surface area contributed by atoms with Gasteiger partial charge in [-0.25, -0.2) is 4.79 Å². The Balaban J connectivity index is 1.16. The topological polar surface area (TPSA) is 179 Å². The Labute approximate surface area is 280 Å². The van der Waals surface area contributed by atoms with Crippen molar-refractivity contribution in [2.45, 2.75) is 124 Å². The number of benzene rings is 1. The van der Waals surface area contributed by atoms with Crippen molar-refractivity contribution in [1.82, 2.24) is 4.90 Å². The maximum Gasteiger partial charge on any atom is 0.338 e. The zero-order valence-electron chi connectivity index (χ0n) is 28.5. The number of fused-ring (bicyclic) bond motifs is 5. The zero-order valence-corrected chi connectivity index (χ0v) is 28.5. The quantitative estimate of drug-likeness (QED) is 0.253. The van der Waals surface area contributed by atoms with E-state index in [1.807, 2.05) is 6.92 Å². The molecule has 266 valence electrons. The third kappa shape index (κ3) is 3.66. The van der Waals surface area contributed by atoms with Crippen molar-refractivity contribution in [3.8, 4) is 11.5 Å². The molecule has 3 aliphatic heterocycles. The molecule has 7 fully saturated rings. The molecule has 3 heterocycles. The van der Waals surface area contributed by atoms with Crippen molar-refractivity contribution >= 4 is 5.97 Å². The van der Waals surface area contributed by atoms with Gasteiger partial charge in [0, 0.05) is 55.1 Å². The number of esters is 1. The fourth-order valence-electron chi connectivity index (χ4n) is 12.6. The molecule has 0 aromatic heterocycles. The lowest BCUT2D eigenvalue weighted by Crippen LogP contribution is -2.85. The normalized spacial score (nSPS) is 53.6. The zero-order chi connectivity index (χ0) is 34.4. The first-order valence-corrected chi connectivity index (χ1v) is 17.6. The molecule has 3 saturated heterocycles. The lowest BCUT2D eigenvalue weighted by molar-refractivity contribution is -0.354. The van der Waals surface area contributed by atoms with Crippen LogP contribution in [0.15, 0.2) is 18.2 Å². The Morgan fingerprint density at radius 1 is 0.896 bits per heavy atom. The highest BCUT2D eigenvalue weighted by Crippen LogP contribution is 2.78. The summed E-state index contributed by atoms with van der Waals surface area (Å²) < 4.78 is 23.5. The van der Waals surface area contributed by atoms with Crippen LogP contribution in [0.25, 0.3) is 0 Å². The Kier molecular flexibility index (Phi) is 6.94. The summed E-state index contributed by atoms with van der Waals surface area (Å²) in [5.74, 6) is -3.63. The highest BCUT2D eigenvalue weighted by molar-refractivity contribution is 5.90. The second-order valence-corrected chi connectivity index (χ2v) is 16.8. The van der Waals surface area contributed by atoms with Crippen LogP contribution in [0.2, 0.25) is 0 Å². The number of nitrogens with zero attached hydrogens (tertiary/aromatic N) is 1. The molecule has 48 heavy (non-hydrogen) atoms. The van der Waals surface area contributed by atoms with Gasteiger partial charge >= 0.3 is 5.97 Å². The third-order valence-electron chi connectivity index (χ3n) is 14.9. The summed E-state index contributed by atoms with van der Waals surface area (Å²) in [5.41, 5.74) is -9.44. The van der Waals surface area contributed by atoms with Gasteiger partial charge in [-0.05, 0) is 69.6 Å². The van der Waals surface area contributed by atoms with Gasteiger partial charge in [-0.15, -0.1) is 0 Å². The molecule has 0 amide bonds. The van der Waals surface area contributed by atoms with Crippen LogP contribution in [-0.4, -0.2) is 121 Å². The summed E-state index contributed by atoms with van der Waals surface area (Å²) in [6, 6.07) is 4.28. The molecule has 12 nitrogen and oxygen atoms in total. The molecule has 12 heteroatoms. The van der Waals surface area contributed by atoms with E-state index in [2.05, 4.69) is 11.8 Å². The van der Waals surface area contributed by atoms with Crippen molar-refractivity contribution in [3.63, 3.8) is 0 Å². The van der Waals surface area contributed by atoms with Crippen LogP contribution in [0.3, 0.4) is 0 Å². The van der Waals surface area contributed by atoms with E-state index in [-0.39, 0.29) is 24.9 Å². The van der Waals surface area contributed by atoms with Crippen LogP contribution in [0.4, 0.5) is 0 Å². The largest absolute Gasteiger partial charge is 0.493 e. The number of carbonyl (C=O) groups is 1. The third-order valence-corrected chi connectivity index (χ3v) is 14.9. The van der Waals surface area contributed by atoms with E-state index in [1.54, 1.807) is 19.1 Å². The molecule has 1 aromatic rings. The highest BCUT2D eigenvalue weighted by atomic mass is 16.7. The molecule has 4 saturated carbocycles. The fraction of sp³-hybridized carbons (Fsp3) is 0.806. The lowest BCUT2D eigenvalue weighted by atomic mass is 9.49. The number of ether oxygens (including phenoxy) is 4. The van der Waals surface area contributed by atoms with E-state index in [4.69, 9.17) is 18.9 Å². The average molecular weight is 674 g/mol. The molecule has 4 bridgehead atoms. The van der Waals surface area contributed by atoms with Gasteiger partial charge in [0.25, 0.3) is 0 Å². The minimum absolute atomic E-state index is 0.101. The second-order valence-electron chi connectivity index (χ2n) is 16.8. The first kappa shape index (κ1) is 33.1. The maximum absolute atomic E-state index is 13.5. The van der Waals surface area contributed by atoms with Gasteiger partial charge in [0.2, 0.25) is 5.79 Å². The molecule has 8 rings (SSSR count).